The fourth-order valence-corrected chi connectivity index (χ4v) is 4.21. The van der Waals surface area contributed by atoms with Crippen LogP contribution in [0.25, 0.3) is 22.4 Å². The van der Waals surface area contributed by atoms with Gasteiger partial charge in [0.1, 0.15) is 5.01 Å². The molecule has 0 unspecified atom stereocenters. The summed E-state index contributed by atoms with van der Waals surface area (Å²) in [5.41, 5.74) is 0.516. The minimum atomic E-state index is -4.52. The number of hydrogen-bond acceptors (Lipinski definition) is 7. The number of anilines is 1. The fraction of sp³-hybridized carbons (Fsp3) is 0.120. The highest BCUT2D eigenvalue weighted by Gasteiger charge is 2.30. The number of ether oxygens (including phenoxy) is 2. The van der Waals surface area contributed by atoms with Crippen molar-refractivity contribution in [2.45, 2.75) is 6.18 Å². The average molecular weight is 529 g/mol. The highest BCUT2D eigenvalue weighted by Crippen LogP contribution is 2.32. The molecule has 190 valence electrons. The summed E-state index contributed by atoms with van der Waals surface area (Å²) >= 11 is 1.31. The van der Waals surface area contributed by atoms with Crippen LogP contribution in [0.3, 0.4) is 0 Å². The average Bonchev–Trinajstić information content (AvgIpc) is 3.28. The third-order valence-electron chi connectivity index (χ3n) is 5.04. The first-order chi connectivity index (χ1) is 17.6. The Kier molecular flexibility index (Phi) is 7.39. The number of benzene rings is 3. The summed E-state index contributed by atoms with van der Waals surface area (Å²) in [6.07, 6.45) is -0.984. The van der Waals surface area contributed by atoms with Crippen LogP contribution in [0.5, 0.6) is 11.5 Å². The SMILES string of the molecule is COc1cc(/C=C/c2nc3ccc([N+](=O)[O-])cc3s2)ccc1OCC(=O)Nc1cccc(C(F)(F)F)c1. The molecule has 1 heterocycles. The Labute approximate surface area is 212 Å². The molecule has 4 aromatic rings. The second kappa shape index (κ2) is 10.7. The smallest absolute Gasteiger partial charge is 0.416 e. The first-order valence-corrected chi connectivity index (χ1v) is 11.4. The monoisotopic (exact) mass is 529 g/mol. The number of nitrogens with zero attached hydrogens (tertiary/aromatic N) is 2. The van der Waals surface area contributed by atoms with Gasteiger partial charge in [0.25, 0.3) is 11.6 Å². The molecule has 0 aliphatic rings. The van der Waals surface area contributed by atoms with Crippen molar-refractivity contribution in [3.05, 3.63) is 86.9 Å². The van der Waals surface area contributed by atoms with E-state index < -0.39 is 29.2 Å². The van der Waals surface area contributed by atoms with Gasteiger partial charge in [-0.1, -0.05) is 18.2 Å². The minimum absolute atomic E-state index is 0.000303. The van der Waals surface area contributed by atoms with Gasteiger partial charge in [-0.3, -0.25) is 14.9 Å². The van der Waals surface area contributed by atoms with Crippen LogP contribution in [0.15, 0.2) is 60.7 Å². The van der Waals surface area contributed by atoms with E-state index in [1.807, 2.05) is 0 Å². The van der Waals surface area contributed by atoms with Crippen LogP contribution in [0.4, 0.5) is 24.5 Å². The number of alkyl halides is 3. The maximum Gasteiger partial charge on any atom is 0.416 e. The van der Waals surface area contributed by atoms with E-state index in [1.165, 1.54) is 42.7 Å². The van der Waals surface area contributed by atoms with Crippen LogP contribution in [0.1, 0.15) is 16.1 Å². The molecule has 0 spiro atoms. The number of nitro benzene ring substituents is 1. The quantitative estimate of drug-likeness (QED) is 0.209. The lowest BCUT2D eigenvalue weighted by Gasteiger charge is -2.12. The Hall–Kier alpha value is -4.45. The zero-order valence-corrected chi connectivity index (χ0v) is 19.9. The lowest BCUT2D eigenvalue weighted by molar-refractivity contribution is -0.384. The molecule has 37 heavy (non-hydrogen) atoms. The van der Waals surface area contributed by atoms with Crippen molar-refractivity contribution in [2.24, 2.45) is 0 Å². The number of non-ortho nitro benzene ring substituents is 1. The number of nitro groups is 1. The van der Waals surface area contributed by atoms with Crippen molar-refractivity contribution in [3.8, 4) is 11.5 Å². The lowest BCUT2D eigenvalue weighted by atomic mass is 10.2. The van der Waals surface area contributed by atoms with Gasteiger partial charge in [-0.2, -0.15) is 13.2 Å². The Bertz CT molecular complexity index is 1500. The highest BCUT2D eigenvalue weighted by molar-refractivity contribution is 7.19. The Morgan fingerprint density at radius 1 is 1.11 bits per heavy atom. The summed E-state index contributed by atoms with van der Waals surface area (Å²) in [6.45, 7) is -0.445. The maximum atomic E-state index is 12.9. The molecule has 1 N–H and O–H groups in total. The van der Waals surface area contributed by atoms with Gasteiger partial charge in [-0.25, -0.2) is 4.98 Å². The molecule has 0 bridgehead atoms. The standard InChI is InChI=1S/C25H18F3N3O5S/c1-35-21-11-15(6-10-24-30-19-8-7-18(31(33)34)13-22(19)37-24)5-9-20(21)36-14-23(32)29-17-4-2-3-16(12-17)25(26,27)28/h2-13H,14H2,1H3,(H,29,32)/b10-6+. The van der Waals surface area contributed by atoms with Crippen LogP contribution in [-0.4, -0.2) is 29.5 Å². The number of fused-ring (bicyclic) bond motifs is 1. The van der Waals surface area contributed by atoms with Crippen LogP contribution >= 0.6 is 11.3 Å². The summed E-state index contributed by atoms with van der Waals surface area (Å²) < 4.78 is 50.1. The summed E-state index contributed by atoms with van der Waals surface area (Å²) in [6, 6.07) is 13.8. The molecule has 0 saturated carbocycles. The second-order valence-corrected chi connectivity index (χ2v) is 8.68. The predicted molar refractivity (Wildman–Crippen MR) is 134 cm³/mol. The number of amides is 1. The zero-order chi connectivity index (χ0) is 26.6. The van der Waals surface area contributed by atoms with Gasteiger partial charge in [0, 0.05) is 17.8 Å². The molecule has 1 amide bonds. The zero-order valence-electron chi connectivity index (χ0n) is 19.1. The normalized spacial score (nSPS) is 11.6. The third kappa shape index (κ3) is 6.41. The van der Waals surface area contributed by atoms with E-state index in [1.54, 1.807) is 36.4 Å². The minimum Gasteiger partial charge on any atom is -0.493 e. The molecular weight excluding hydrogens is 511 g/mol. The lowest BCUT2D eigenvalue weighted by Crippen LogP contribution is -2.20. The second-order valence-electron chi connectivity index (χ2n) is 7.62. The van der Waals surface area contributed by atoms with Crippen LogP contribution in [0, 0.1) is 10.1 Å². The van der Waals surface area contributed by atoms with E-state index in [9.17, 15) is 28.1 Å². The summed E-state index contributed by atoms with van der Waals surface area (Å²) in [5.74, 6) is -0.0264. The van der Waals surface area contributed by atoms with Crippen LogP contribution < -0.4 is 14.8 Å². The molecule has 12 heteroatoms. The molecule has 0 radical (unpaired) electrons. The van der Waals surface area contributed by atoms with Crippen molar-refractivity contribution in [2.75, 3.05) is 19.0 Å². The number of nitrogens with one attached hydrogen (secondary N) is 1. The number of carbonyl (C=O) groups is 1. The van der Waals surface area contributed by atoms with Crippen LogP contribution in [-0.2, 0) is 11.0 Å². The topological polar surface area (TPSA) is 104 Å². The maximum absolute atomic E-state index is 12.9. The molecule has 1 aromatic heterocycles. The predicted octanol–water partition coefficient (Wildman–Crippen LogP) is 6.42. The summed E-state index contributed by atoms with van der Waals surface area (Å²) in [4.78, 5) is 27.1. The molecule has 0 atom stereocenters. The van der Waals surface area contributed by atoms with Gasteiger partial charge in [-0.15, -0.1) is 11.3 Å². The molecule has 8 nitrogen and oxygen atoms in total. The molecule has 0 saturated heterocycles. The van der Waals surface area contributed by atoms with E-state index in [0.717, 1.165) is 17.7 Å². The van der Waals surface area contributed by atoms with E-state index in [0.29, 0.717) is 21.0 Å². The molecule has 0 aliphatic heterocycles. The van der Waals surface area contributed by atoms with Gasteiger partial charge in [0.2, 0.25) is 0 Å². The first kappa shape index (κ1) is 25.6. The van der Waals surface area contributed by atoms with Crippen molar-refractivity contribution >= 4 is 51.0 Å². The number of aromatic nitrogens is 1. The largest absolute Gasteiger partial charge is 0.493 e. The number of hydrogen-bond donors (Lipinski definition) is 1. The van der Waals surface area contributed by atoms with Crippen molar-refractivity contribution < 1.29 is 32.4 Å². The summed E-state index contributed by atoms with van der Waals surface area (Å²) in [5, 5.41) is 14.0. The van der Waals surface area contributed by atoms with E-state index in [-0.39, 0.29) is 17.1 Å². The Morgan fingerprint density at radius 3 is 2.65 bits per heavy atom. The molecule has 4 rings (SSSR count). The number of halogens is 3. The van der Waals surface area contributed by atoms with Gasteiger partial charge in [0.05, 0.1) is 27.8 Å². The van der Waals surface area contributed by atoms with E-state index in [4.69, 9.17) is 9.47 Å². The van der Waals surface area contributed by atoms with Gasteiger partial charge >= 0.3 is 6.18 Å². The molecule has 0 aliphatic carbocycles. The molecule has 3 aromatic carbocycles. The number of carbonyl (C=O) groups excluding carboxylic acids is 1. The van der Waals surface area contributed by atoms with Crippen molar-refractivity contribution in [1.29, 1.82) is 0 Å². The highest BCUT2D eigenvalue weighted by atomic mass is 32.1. The number of thiazole rings is 1. The van der Waals surface area contributed by atoms with E-state index >= 15 is 0 Å². The molecular formula is C25H18F3N3O5S. The Morgan fingerprint density at radius 2 is 1.92 bits per heavy atom. The van der Waals surface area contributed by atoms with Gasteiger partial charge in [0.15, 0.2) is 18.1 Å². The van der Waals surface area contributed by atoms with E-state index in [2.05, 4.69) is 10.3 Å². The third-order valence-corrected chi connectivity index (χ3v) is 6.02. The fourth-order valence-electron chi connectivity index (χ4n) is 3.30. The first-order valence-electron chi connectivity index (χ1n) is 10.6. The summed E-state index contributed by atoms with van der Waals surface area (Å²) in [7, 11) is 1.43. The van der Waals surface area contributed by atoms with Gasteiger partial charge in [-0.05, 0) is 48.0 Å². The van der Waals surface area contributed by atoms with Gasteiger partial charge < -0.3 is 14.8 Å². The Balaban J connectivity index is 1.40. The van der Waals surface area contributed by atoms with Crippen molar-refractivity contribution in [1.82, 2.24) is 4.98 Å². The van der Waals surface area contributed by atoms with Crippen LogP contribution in [0.2, 0.25) is 0 Å². The number of methoxy groups -OCH3 is 1. The van der Waals surface area contributed by atoms with Crippen molar-refractivity contribution in [3.63, 3.8) is 0 Å². The number of rotatable bonds is 8. The molecule has 0 fully saturated rings.